The molecule has 0 bridgehead atoms. The largest absolute Gasteiger partial charge is 0.495 e. The van der Waals surface area contributed by atoms with Crippen molar-refractivity contribution in [2.45, 2.75) is 31.0 Å². The van der Waals surface area contributed by atoms with Crippen LogP contribution in [0.4, 0.5) is 34.9 Å². The zero-order valence-electron chi connectivity index (χ0n) is 26.7. The van der Waals surface area contributed by atoms with E-state index in [4.69, 9.17) is 19.7 Å². The number of aromatic nitrogens is 3. The predicted octanol–water partition coefficient (Wildman–Crippen LogP) is 3.85. The van der Waals surface area contributed by atoms with Gasteiger partial charge in [-0.2, -0.15) is 13.2 Å². The van der Waals surface area contributed by atoms with E-state index in [1.165, 1.54) is 24.5 Å². The highest BCUT2D eigenvalue weighted by Crippen LogP contribution is 2.37. The number of carbonyl (C=O) groups is 1. The van der Waals surface area contributed by atoms with E-state index in [1.807, 2.05) is 24.3 Å². The fourth-order valence-corrected chi connectivity index (χ4v) is 5.87. The number of nitrogens with zero attached hydrogens (tertiary/aromatic N) is 5. The quantitative estimate of drug-likeness (QED) is 0.176. The zero-order valence-corrected chi connectivity index (χ0v) is 27.5. The maximum absolute atomic E-state index is 15.4. The molecule has 1 aliphatic rings. The van der Waals surface area contributed by atoms with Crippen LogP contribution in [0.1, 0.15) is 24.3 Å². The summed E-state index contributed by atoms with van der Waals surface area (Å²) in [6, 6.07) is 13.9. The van der Waals surface area contributed by atoms with Crippen molar-refractivity contribution in [3.05, 3.63) is 66.1 Å². The number of carboxylic acid groups (broad SMARTS) is 1. The van der Waals surface area contributed by atoms with Gasteiger partial charge in [0.15, 0.2) is 0 Å². The Morgan fingerprint density at radius 2 is 1.82 bits per heavy atom. The van der Waals surface area contributed by atoms with E-state index in [0.29, 0.717) is 59.1 Å². The van der Waals surface area contributed by atoms with E-state index in [1.54, 1.807) is 28.9 Å². The number of likely N-dealkylation sites (tertiary alicyclic amines) is 1. The van der Waals surface area contributed by atoms with Gasteiger partial charge in [0.2, 0.25) is 16.0 Å². The van der Waals surface area contributed by atoms with Crippen LogP contribution in [-0.4, -0.2) is 108 Å². The van der Waals surface area contributed by atoms with Gasteiger partial charge in [-0.25, -0.2) is 27.1 Å². The third kappa shape index (κ3) is 9.14. The average molecular weight is 713 g/mol. The molecular weight excluding hydrogens is 676 g/mol. The molecule has 266 valence electrons. The minimum absolute atomic E-state index is 0.00404. The van der Waals surface area contributed by atoms with Crippen LogP contribution < -0.4 is 14.4 Å². The number of β-amino-alcohol motifs (C(OH)–C–C–N with tert-alkyl or cyclic N) is 1. The zero-order chi connectivity index (χ0) is 36.1. The van der Waals surface area contributed by atoms with Crippen LogP contribution in [0.25, 0.3) is 16.8 Å². The van der Waals surface area contributed by atoms with E-state index in [-0.39, 0.29) is 24.3 Å². The van der Waals surface area contributed by atoms with E-state index < -0.39 is 28.3 Å². The number of hydrogen-bond acceptors (Lipinski definition) is 10. The normalized spacial score (nSPS) is 15.0. The van der Waals surface area contributed by atoms with Gasteiger partial charge in [-0.15, -0.1) is 5.10 Å². The number of aliphatic hydroxyl groups is 2. The number of carboxylic acids is 1. The molecule has 2 aromatic carbocycles. The number of piperidine rings is 1. The second-order valence-corrected chi connectivity index (χ2v) is 13.3. The van der Waals surface area contributed by atoms with E-state index in [9.17, 15) is 26.7 Å². The smallest absolute Gasteiger partial charge is 0.490 e. The van der Waals surface area contributed by atoms with Crippen LogP contribution in [0.3, 0.4) is 0 Å². The van der Waals surface area contributed by atoms with Crippen molar-refractivity contribution in [3.8, 4) is 17.0 Å². The highest BCUT2D eigenvalue weighted by atomic mass is 32.2. The van der Waals surface area contributed by atoms with Crippen LogP contribution in [0.5, 0.6) is 5.75 Å². The number of ether oxygens (including phenoxy) is 1. The first kappa shape index (κ1) is 37.3. The van der Waals surface area contributed by atoms with Crippen molar-refractivity contribution in [1.82, 2.24) is 19.5 Å². The Bertz CT molecular complexity index is 1880. The Balaban J connectivity index is 0.000000698. The van der Waals surface area contributed by atoms with Gasteiger partial charge in [0.25, 0.3) is 0 Å². The number of aliphatic carboxylic acids is 1. The Kier molecular flexibility index (Phi) is 11.7. The first-order valence-corrected chi connectivity index (χ1v) is 16.7. The van der Waals surface area contributed by atoms with E-state index in [0.717, 1.165) is 19.1 Å². The molecule has 2 aromatic heterocycles. The summed E-state index contributed by atoms with van der Waals surface area (Å²) in [5, 5.41) is 33.7. The van der Waals surface area contributed by atoms with Crippen LogP contribution in [-0.2, 0) is 14.8 Å². The van der Waals surface area contributed by atoms with Gasteiger partial charge in [0.05, 0.1) is 54.9 Å². The minimum Gasteiger partial charge on any atom is -0.495 e. The number of aliphatic hydroxyl groups excluding tert-OH is 2. The third-order valence-corrected chi connectivity index (χ3v) is 9.12. The second kappa shape index (κ2) is 15.4. The van der Waals surface area contributed by atoms with Gasteiger partial charge >= 0.3 is 12.1 Å². The fraction of sp³-hybridized carbons (Fsp3) is 0.387. The van der Waals surface area contributed by atoms with Gasteiger partial charge in [0.1, 0.15) is 11.6 Å². The van der Waals surface area contributed by atoms with E-state index in [2.05, 4.69) is 20.3 Å². The lowest BCUT2D eigenvalue weighted by Gasteiger charge is -2.33. The standard InChI is InChI=1S/C29H35FN6O5S.C2HF3O2/c1-34(42(3,39)40)26-7-5-4-6-22(26)27-9-8-20-16-31-29(33-36(20)27)32-25-15-24(30)23(14-28(25)41-2)19-10-12-35(13-11-19)17-21(38)18-37;3-2(4,5)1(6)7/h4-9,14-16,19,21,37-38H,10-13,17-18H2,1-3H3,(H,32,33);(H,6,7)/t21-;/m1./s1. The number of benzene rings is 2. The van der Waals surface area contributed by atoms with Crippen LogP contribution in [0.15, 0.2) is 54.7 Å². The van der Waals surface area contributed by atoms with Gasteiger partial charge in [-0.1, -0.05) is 18.2 Å². The Labute approximate surface area is 279 Å². The first-order valence-electron chi connectivity index (χ1n) is 14.9. The summed E-state index contributed by atoms with van der Waals surface area (Å²) < 4.78 is 80.2. The SMILES string of the molecule is COc1cc(C2CCN(C[C@@H](O)CO)CC2)c(F)cc1Nc1ncc2ccc(-c3ccccc3N(C)S(C)(=O)=O)n2n1.O=C(O)C(F)(F)F. The molecule has 0 radical (unpaired) electrons. The highest BCUT2D eigenvalue weighted by molar-refractivity contribution is 7.92. The summed E-state index contributed by atoms with van der Waals surface area (Å²) in [5.74, 6) is -2.48. The number of rotatable bonds is 10. The van der Waals surface area contributed by atoms with Crippen LogP contribution in [0, 0.1) is 5.82 Å². The minimum atomic E-state index is -5.08. The molecule has 3 heterocycles. The van der Waals surface area contributed by atoms with Gasteiger partial charge in [-0.3, -0.25) is 4.31 Å². The molecule has 1 saturated heterocycles. The van der Waals surface area contributed by atoms with Gasteiger partial charge in [-0.05, 0) is 61.7 Å². The van der Waals surface area contributed by atoms with Crippen molar-refractivity contribution in [3.63, 3.8) is 0 Å². The molecule has 0 aliphatic carbocycles. The number of alkyl halides is 3. The molecule has 1 aliphatic heterocycles. The van der Waals surface area contributed by atoms with Crippen molar-refractivity contribution in [1.29, 1.82) is 0 Å². The molecule has 0 amide bonds. The molecule has 49 heavy (non-hydrogen) atoms. The van der Waals surface area contributed by atoms with Gasteiger partial charge in [0, 0.05) is 25.2 Å². The lowest BCUT2D eigenvalue weighted by Crippen LogP contribution is -2.39. The van der Waals surface area contributed by atoms with Crippen molar-refractivity contribution in [2.24, 2.45) is 0 Å². The summed E-state index contributed by atoms with van der Waals surface area (Å²) >= 11 is 0. The molecule has 5 rings (SSSR count). The average Bonchev–Trinajstić information content (AvgIpc) is 3.47. The molecule has 1 fully saturated rings. The summed E-state index contributed by atoms with van der Waals surface area (Å²) in [6.07, 6.45) is -1.65. The number of anilines is 3. The molecule has 13 nitrogen and oxygen atoms in total. The Hall–Kier alpha value is -4.52. The fourth-order valence-electron chi connectivity index (χ4n) is 5.36. The summed E-state index contributed by atoms with van der Waals surface area (Å²) in [5.41, 5.74) is 3.46. The molecule has 0 unspecified atom stereocenters. The summed E-state index contributed by atoms with van der Waals surface area (Å²) in [6.45, 7) is 1.50. The highest BCUT2D eigenvalue weighted by Gasteiger charge is 2.38. The topological polar surface area (TPSA) is 170 Å². The first-order chi connectivity index (χ1) is 23.0. The molecule has 1 atom stereocenters. The molecule has 0 spiro atoms. The monoisotopic (exact) mass is 712 g/mol. The van der Waals surface area contributed by atoms with E-state index >= 15 is 4.39 Å². The summed E-state index contributed by atoms with van der Waals surface area (Å²) in [7, 11) is -0.476. The van der Waals surface area contributed by atoms with Gasteiger partial charge < -0.3 is 30.3 Å². The second-order valence-electron chi connectivity index (χ2n) is 11.3. The summed E-state index contributed by atoms with van der Waals surface area (Å²) in [4.78, 5) is 15.4. The number of methoxy groups -OCH3 is 1. The molecular formula is C31H36F4N6O7S. The number of halogens is 4. The van der Waals surface area contributed by atoms with Crippen LogP contribution in [0.2, 0.25) is 0 Å². The Morgan fingerprint density at radius 3 is 2.41 bits per heavy atom. The van der Waals surface area contributed by atoms with Crippen molar-refractivity contribution < 1.29 is 50.8 Å². The number of fused-ring (bicyclic) bond motifs is 1. The lowest BCUT2D eigenvalue weighted by atomic mass is 9.88. The van der Waals surface area contributed by atoms with Crippen molar-refractivity contribution in [2.75, 3.05) is 56.3 Å². The number of sulfonamides is 1. The molecule has 18 heteroatoms. The predicted molar refractivity (Wildman–Crippen MR) is 173 cm³/mol. The molecule has 4 N–H and O–H groups in total. The maximum Gasteiger partial charge on any atom is 0.490 e. The lowest BCUT2D eigenvalue weighted by molar-refractivity contribution is -0.192. The van der Waals surface area contributed by atoms with Crippen LogP contribution >= 0.6 is 0 Å². The third-order valence-electron chi connectivity index (χ3n) is 7.93. The number of hydrogen-bond donors (Lipinski definition) is 4. The molecule has 4 aromatic rings. The molecule has 0 saturated carbocycles. The Morgan fingerprint density at radius 1 is 1.16 bits per heavy atom. The maximum atomic E-state index is 15.4. The van der Waals surface area contributed by atoms with Crippen molar-refractivity contribution >= 4 is 38.8 Å². The number of nitrogens with one attached hydrogen (secondary N) is 1. The number of para-hydroxylation sites is 1.